The number of phenolic OH excluding ortho intramolecular Hbond substituents is 1. The van der Waals surface area contributed by atoms with Crippen LogP contribution < -0.4 is 15.0 Å². The number of aromatic hydroxyl groups is 1. The highest BCUT2D eigenvalue weighted by Crippen LogP contribution is 2.34. The molecule has 2 N–H and O–H groups in total. The minimum absolute atomic E-state index is 0.0227. The molecule has 1 saturated heterocycles. The number of anilines is 1. The third kappa shape index (κ3) is 4.54. The van der Waals surface area contributed by atoms with Crippen molar-refractivity contribution >= 4 is 45.5 Å². The van der Waals surface area contributed by atoms with Gasteiger partial charge in [-0.05, 0) is 67.8 Å². The van der Waals surface area contributed by atoms with Crippen molar-refractivity contribution < 1.29 is 24.2 Å². The number of amides is 4. The third-order valence-corrected chi connectivity index (χ3v) is 5.54. The smallest absolute Gasteiger partial charge is 0.335 e. The lowest BCUT2D eigenvalue weighted by atomic mass is 10.0. The average Bonchev–Trinajstić information content (AvgIpc) is 2.71. The van der Waals surface area contributed by atoms with Crippen LogP contribution in [0, 0.1) is 6.92 Å². The van der Waals surface area contributed by atoms with Crippen molar-refractivity contribution in [3.05, 3.63) is 69.7 Å². The summed E-state index contributed by atoms with van der Waals surface area (Å²) < 4.78 is 6.30. The standard InChI is InChI=1S/C23H21BrN2O5/c1-4-6-15-10-14(12-19(20(15)27)31-5-2)11-17-21(28)25-23(30)26(22(17)29)16-7-8-18(24)13(3)9-16/h4,7-12,27H,1,5-6H2,2-3H3,(H,25,28,30). The lowest BCUT2D eigenvalue weighted by molar-refractivity contribution is -0.122. The predicted octanol–water partition coefficient (Wildman–Crippen LogP) is 4.26. The van der Waals surface area contributed by atoms with Gasteiger partial charge in [0.2, 0.25) is 0 Å². The molecule has 0 aliphatic carbocycles. The highest BCUT2D eigenvalue weighted by molar-refractivity contribution is 9.10. The summed E-state index contributed by atoms with van der Waals surface area (Å²) in [6, 6.07) is 7.35. The van der Waals surface area contributed by atoms with Gasteiger partial charge in [-0.1, -0.05) is 22.0 Å². The van der Waals surface area contributed by atoms with E-state index in [4.69, 9.17) is 4.74 Å². The molecule has 1 aliphatic rings. The van der Waals surface area contributed by atoms with E-state index in [1.807, 2.05) is 6.92 Å². The number of phenols is 1. The van der Waals surface area contributed by atoms with E-state index in [-0.39, 0.29) is 17.1 Å². The Labute approximate surface area is 188 Å². The van der Waals surface area contributed by atoms with Crippen molar-refractivity contribution in [2.75, 3.05) is 11.5 Å². The van der Waals surface area contributed by atoms with Crippen molar-refractivity contribution in [3.8, 4) is 11.5 Å². The topological polar surface area (TPSA) is 95.9 Å². The highest BCUT2D eigenvalue weighted by Gasteiger charge is 2.37. The first-order valence-corrected chi connectivity index (χ1v) is 10.3. The van der Waals surface area contributed by atoms with E-state index in [0.29, 0.717) is 29.8 Å². The first-order valence-electron chi connectivity index (χ1n) is 9.54. The van der Waals surface area contributed by atoms with Gasteiger partial charge < -0.3 is 9.84 Å². The van der Waals surface area contributed by atoms with E-state index < -0.39 is 17.8 Å². The number of rotatable bonds is 6. The van der Waals surface area contributed by atoms with Crippen molar-refractivity contribution in [1.29, 1.82) is 0 Å². The Kier molecular flexibility index (Phi) is 6.60. The molecule has 0 aromatic heterocycles. The van der Waals surface area contributed by atoms with Crippen LogP contribution in [-0.4, -0.2) is 29.6 Å². The number of halogens is 1. The van der Waals surface area contributed by atoms with E-state index >= 15 is 0 Å². The molecule has 0 saturated carbocycles. The zero-order chi connectivity index (χ0) is 22.7. The summed E-state index contributed by atoms with van der Waals surface area (Å²) in [6.07, 6.45) is 3.36. The Morgan fingerprint density at radius 2 is 1.97 bits per heavy atom. The number of carbonyl (C=O) groups excluding carboxylic acids is 3. The average molecular weight is 485 g/mol. The number of imide groups is 2. The minimum Gasteiger partial charge on any atom is -0.504 e. The van der Waals surface area contributed by atoms with Gasteiger partial charge in [-0.25, -0.2) is 9.69 Å². The number of hydrogen-bond donors (Lipinski definition) is 2. The summed E-state index contributed by atoms with van der Waals surface area (Å²) in [5.41, 5.74) is 1.97. The first-order chi connectivity index (χ1) is 14.8. The molecule has 7 nitrogen and oxygen atoms in total. The van der Waals surface area contributed by atoms with E-state index in [1.165, 1.54) is 12.1 Å². The fourth-order valence-corrected chi connectivity index (χ4v) is 3.42. The maximum atomic E-state index is 13.1. The summed E-state index contributed by atoms with van der Waals surface area (Å²) in [5.74, 6) is -1.33. The molecule has 4 amide bonds. The monoisotopic (exact) mass is 484 g/mol. The van der Waals surface area contributed by atoms with Gasteiger partial charge in [0.15, 0.2) is 11.5 Å². The van der Waals surface area contributed by atoms with Gasteiger partial charge in [0.1, 0.15) is 5.57 Å². The van der Waals surface area contributed by atoms with Crippen LogP contribution in [0.3, 0.4) is 0 Å². The van der Waals surface area contributed by atoms with Crippen molar-refractivity contribution in [2.45, 2.75) is 20.3 Å². The summed E-state index contributed by atoms with van der Waals surface area (Å²) >= 11 is 3.39. The molecule has 8 heteroatoms. The van der Waals surface area contributed by atoms with Crippen LogP contribution in [0.4, 0.5) is 10.5 Å². The van der Waals surface area contributed by atoms with Gasteiger partial charge in [0.25, 0.3) is 11.8 Å². The molecule has 31 heavy (non-hydrogen) atoms. The number of nitrogens with zero attached hydrogens (tertiary/aromatic N) is 1. The molecule has 0 bridgehead atoms. The summed E-state index contributed by atoms with van der Waals surface area (Å²) in [5, 5.41) is 12.6. The van der Waals surface area contributed by atoms with E-state index in [2.05, 4.69) is 27.8 Å². The molecule has 0 unspecified atom stereocenters. The van der Waals surface area contributed by atoms with Gasteiger partial charge >= 0.3 is 6.03 Å². The quantitative estimate of drug-likeness (QED) is 0.362. The molecule has 0 radical (unpaired) electrons. The van der Waals surface area contributed by atoms with Crippen LogP contribution in [0.2, 0.25) is 0 Å². The first kappa shape index (κ1) is 22.3. The predicted molar refractivity (Wildman–Crippen MR) is 121 cm³/mol. The van der Waals surface area contributed by atoms with Crippen molar-refractivity contribution in [1.82, 2.24) is 5.32 Å². The van der Waals surface area contributed by atoms with E-state index in [0.717, 1.165) is 14.9 Å². The number of urea groups is 1. The molecule has 1 aliphatic heterocycles. The van der Waals surface area contributed by atoms with Crippen molar-refractivity contribution in [3.63, 3.8) is 0 Å². The molecule has 2 aromatic rings. The SMILES string of the molecule is C=CCc1cc(C=C2C(=O)NC(=O)N(c3ccc(Br)c(C)c3)C2=O)cc(OCC)c1O. The Hall–Kier alpha value is -3.39. The fraction of sp³-hybridized carbons (Fsp3) is 0.174. The lowest BCUT2D eigenvalue weighted by Crippen LogP contribution is -2.54. The molecule has 0 atom stereocenters. The van der Waals surface area contributed by atoms with Crippen LogP contribution in [0.25, 0.3) is 6.08 Å². The largest absolute Gasteiger partial charge is 0.504 e. The zero-order valence-electron chi connectivity index (χ0n) is 17.1. The van der Waals surface area contributed by atoms with Crippen LogP contribution in [0.1, 0.15) is 23.6 Å². The molecule has 3 rings (SSSR count). The van der Waals surface area contributed by atoms with Gasteiger partial charge in [-0.3, -0.25) is 14.9 Å². The molecule has 1 heterocycles. The Morgan fingerprint density at radius 1 is 1.23 bits per heavy atom. The number of benzene rings is 2. The van der Waals surface area contributed by atoms with Crippen LogP contribution >= 0.6 is 15.9 Å². The number of nitrogens with one attached hydrogen (secondary N) is 1. The van der Waals surface area contributed by atoms with Gasteiger partial charge in [0.05, 0.1) is 12.3 Å². The number of allylic oxidation sites excluding steroid dienone is 1. The van der Waals surface area contributed by atoms with Crippen molar-refractivity contribution in [2.24, 2.45) is 0 Å². The maximum Gasteiger partial charge on any atom is 0.335 e. The zero-order valence-corrected chi connectivity index (χ0v) is 18.7. The second kappa shape index (κ2) is 9.18. The minimum atomic E-state index is -0.818. The Balaban J connectivity index is 2.07. The Morgan fingerprint density at radius 3 is 2.61 bits per heavy atom. The van der Waals surface area contributed by atoms with Crippen LogP contribution in [-0.2, 0) is 16.0 Å². The maximum absolute atomic E-state index is 13.1. The highest BCUT2D eigenvalue weighted by atomic mass is 79.9. The van der Waals surface area contributed by atoms with Gasteiger partial charge in [-0.15, -0.1) is 6.58 Å². The summed E-state index contributed by atoms with van der Waals surface area (Å²) in [6.45, 7) is 7.60. The van der Waals surface area contributed by atoms with Crippen LogP contribution in [0.15, 0.2) is 53.0 Å². The second-order valence-corrected chi connectivity index (χ2v) is 7.70. The second-order valence-electron chi connectivity index (χ2n) is 6.84. The Bertz CT molecular complexity index is 1120. The van der Waals surface area contributed by atoms with Crippen LogP contribution in [0.5, 0.6) is 11.5 Å². The molecular weight excluding hydrogens is 464 g/mol. The fourth-order valence-electron chi connectivity index (χ4n) is 3.18. The number of aryl methyl sites for hydroxylation is 1. The number of ether oxygens (including phenoxy) is 1. The summed E-state index contributed by atoms with van der Waals surface area (Å²) in [4.78, 5) is 38.9. The van der Waals surface area contributed by atoms with Gasteiger partial charge in [-0.2, -0.15) is 0 Å². The lowest BCUT2D eigenvalue weighted by Gasteiger charge is -2.26. The third-order valence-electron chi connectivity index (χ3n) is 4.65. The number of barbiturate groups is 1. The van der Waals surface area contributed by atoms with Gasteiger partial charge in [0, 0.05) is 10.0 Å². The number of carbonyl (C=O) groups is 3. The molecule has 0 spiro atoms. The molecule has 1 fully saturated rings. The normalized spacial score (nSPS) is 15.3. The molecular formula is C23H21BrN2O5. The van der Waals surface area contributed by atoms with E-state index in [1.54, 1.807) is 37.3 Å². The van der Waals surface area contributed by atoms with E-state index in [9.17, 15) is 19.5 Å². The molecule has 160 valence electrons. The summed E-state index contributed by atoms with van der Waals surface area (Å²) in [7, 11) is 0. The molecule has 2 aromatic carbocycles. The number of hydrogen-bond acceptors (Lipinski definition) is 5.